The average molecular weight is 405 g/mol. The number of rotatable bonds is 6. The van der Waals surface area contributed by atoms with Crippen LogP contribution in [0, 0.1) is 5.82 Å². The van der Waals surface area contributed by atoms with Crippen LogP contribution in [0.25, 0.3) is 0 Å². The van der Waals surface area contributed by atoms with Gasteiger partial charge in [0.1, 0.15) is 5.82 Å². The highest BCUT2D eigenvalue weighted by Crippen LogP contribution is 2.20. The Morgan fingerprint density at radius 3 is 2.59 bits per heavy atom. The van der Waals surface area contributed by atoms with E-state index in [9.17, 15) is 4.39 Å². The molecule has 2 fully saturated rings. The van der Waals surface area contributed by atoms with E-state index in [1.165, 1.54) is 25.6 Å². The van der Waals surface area contributed by atoms with Gasteiger partial charge < -0.3 is 24.9 Å². The smallest absolute Gasteiger partial charge is 0.194 e. The molecule has 1 aromatic carbocycles. The fourth-order valence-electron chi connectivity index (χ4n) is 4.10. The summed E-state index contributed by atoms with van der Waals surface area (Å²) in [7, 11) is 2.21. The molecule has 3 rings (SSSR count). The van der Waals surface area contributed by atoms with Crippen molar-refractivity contribution in [2.24, 2.45) is 4.99 Å². The summed E-state index contributed by atoms with van der Waals surface area (Å²) in [6.07, 6.45) is 2.35. The van der Waals surface area contributed by atoms with Gasteiger partial charge in [0, 0.05) is 52.4 Å². The van der Waals surface area contributed by atoms with E-state index in [4.69, 9.17) is 4.99 Å². The van der Waals surface area contributed by atoms with E-state index < -0.39 is 0 Å². The largest absolute Gasteiger partial charge is 0.366 e. The predicted octanol–water partition coefficient (Wildman–Crippen LogP) is 1.94. The van der Waals surface area contributed by atoms with Gasteiger partial charge in [0.25, 0.3) is 0 Å². The zero-order chi connectivity index (χ0) is 20.5. The van der Waals surface area contributed by atoms with E-state index in [-0.39, 0.29) is 5.82 Å². The number of hydrogen-bond donors (Lipinski definition) is 1. The Hall–Kier alpha value is -1.86. The second-order valence-electron chi connectivity index (χ2n) is 8.01. The molecule has 0 radical (unpaired) electrons. The second kappa shape index (κ2) is 11.4. The molecule has 0 amide bonds. The van der Waals surface area contributed by atoms with Crippen molar-refractivity contribution in [3.05, 3.63) is 30.1 Å². The highest BCUT2D eigenvalue weighted by Gasteiger charge is 2.21. The maximum absolute atomic E-state index is 14.1. The molecule has 0 atom stereocenters. The van der Waals surface area contributed by atoms with Crippen molar-refractivity contribution >= 4 is 11.6 Å². The van der Waals surface area contributed by atoms with Crippen LogP contribution in [-0.2, 0) is 0 Å². The molecule has 162 valence electrons. The molecule has 0 spiro atoms. The monoisotopic (exact) mass is 404 g/mol. The van der Waals surface area contributed by atoms with Crippen LogP contribution in [0.1, 0.15) is 19.8 Å². The molecule has 2 aliphatic rings. The highest BCUT2D eigenvalue weighted by molar-refractivity contribution is 5.80. The molecule has 2 saturated heterocycles. The summed E-state index contributed by atoms with van der Waals surface area (Å²) in [5, 5.41) is 3.44. The van der Waals surface area contributed by atoms with Gasteiger partial charge in [0.05, 0.1) is 5.69 Å². The third-order valence-corrected chi connectivity index (χ3v) is 5.81. The van der Waals surface area contributed by atoms with Gasteiger partial charge in [-0.25, -0.2) is 4.39 Å². The first-order valence-corrected chi connectivity index (χ1v) is 11.1. The van der Waals surface area contributed by atoms with Gasteiger partial charge >= 0.3 is 0 Å². The lowest BCUT2D eigenvalue weighted by atomic mass is 10.2. The summed E-state index contributed by atoms with van der Waals surface area (Å²) in [4.78, 5) is 14.3. The van der Waals surface area contributed by atoms with Gasteiger partial charge in [-0.2, -0.15) is 0 Å². The maximum Gasteiger partial charge on any atom is 0.194 e. The Bertz CT molecular complexity index is 644. The molecule has 2 heterocycles. The van der Waals surface area contributed by atoms with E-state index in [0.717, 1.165) is 71.3 Å². The number of anilines is 1. The van der Waals surface area contributed by atoms with Crippen LogP contribution in [0.2, 0.25) is 0 Å². The minimum atomic E-state index is -0.138. The molecule has 1 N–H and O–H groups in total. The number of guanidine groups is 1. The number of benzene rings is 1. The fraction of sp³-hybridized carbons (Fsp3) is 0.682. The van der Waals surface area contributed by atoms with Crippen molar-refractivity contribution in [2.45, 2.75) is 19.8 Å². The van der Waals surface area contributed by atoms with Gasteiger partial charge in [0.15, 0.2) is 5.96 Å². The number of aliphatic imine (C=N–C) groups is 1. The topological polar surface area (TPSA) is 37.4 Å². The number of halogens is 1. The Kier molecular flexibility index (Phi) is 8.55. The maximum atomic E-state index is 14.1. The summed E-state index contributed by atoms with van der Waals surface area (Å²) in [6.45, 7) is 13.0. The minimum absolute atomic E-state index is 0.138. The van der Waals surface area contributed by atoms with Crippen LogP contribution in [-0.4, -0.2) is 99.7 Å². The van der Waals surface area contributed by atoms with Crippen LogP contribution < -0.4 is 10.2 Å². The quantitative estimate of drug-likeness (QED) is 0.446. The zero-order valence-electron chi connectivity index (χ0n) is 18.1. The van der Waals surface area contributed by atoms with Crippen molar-refractivity contribution in [3.8, 4) is 0 Å². The molecule has 0 bridgehead atoms. The lowest BCUT2D eigenvalue weighted by molar-refractivity contribution is 0.274. The van der Waals surface area contributed by atoms with E-state index in [1.807, 2.05) is 12.1 Å². The lowest BCUT2D eigenvalue weighted by Gasteiger charge is -2.37. The standard InChI is InChI=1S/C22H37FN6/c1-3-24-22(25-10-6-12-27-13-7-11-26(2)14-15-27)29-18-16-28(17-19-29)21-9-5-4-8-20(21)23/h4-5,8-9H,3,6-7,10-19H2,1-2H3,(H,24,25). The summed E-state index contributed by atoms with van der Waals surface area (Å²) < 4.78 is 14.1. The van der Waals surface area contributed by atoms with Gasteiger partial charge in [-0.05, 0) is 58.6 Å². The Labute approximate surface area is 175 Å². The minimum Gasteiger partial charge on any atom is -0.366 e. The van der Waals surface area contributed by atoms with E-state index in [1.54, 1.807) is 6.07 Å². The SMILES string of the molecule is CCNC(=NCCCN1CCCN(C)CC1)N1CCN(c2ccccc2F)CC1. The van der Waals surface area contributed by atoms with Crippen molar-refractivity contribution in [1.29, 1.82) is 0 Å². The first-order chi connectivity index (χ1) is 14.2. The molecular weight excluding hydrogens is 367 g/mol. The summed E-state index contributed by atoms with van der Waals surface area (Å²) >= 11 is 0. The summed E-state index contributed by atoms with van der Waals surface area (Å²) in [5.74, 6) is 0.859. The van der Waals surface area contributed by atoms with Crippen LogP contribution >= 0.6 is 0 Å². The number of para-hydroxylation sites is 1. The van der Waals surface area contributed by atoms with Crippen LogP contribution in [0.3, 0.4) is 0 Å². The normalized spacial score (nSPS) is 20.0. The number of nitrogens with zero attached hydrogens (tertiary/aromatic N) is 5. The van der Waals surface area contributed by atoms with Gasteiger partial charge in [-0.3, -0.25) is 4.99 Å². The Morgan fingerprint density at radius 1 is 1.03 bits per heavy atom. The van der Waals surface area contributed by atoms with Crippen LogP contribution in [0.4, 0.5) is 10.1 Å². The third-order valence-electron chi connectivity index (χ3n) is 5.81. The third kappa shape index (κ3) is 6.57. The summed E-state index contributed by atoms with van der Waals surface area (Å²) in [5.41, 5.74) is 0.706. The molecule has 29 heavy (non-hydrogen) atoms. The van der Waals surface area contributed by atoms with Crippen molar-refractivity contribution in [1.82, 2.24) is 20.0 Å². The number of hydrogen-bond acceptors (Lipinski definition) is 4. The average Bonchev–Trinajstić information content (AvgIpc) is 2.95. The first-order valence-electron chi connectivity index (χ1n) is 11.1. The highest BCUT2D eigenvalue weighted by atomic mass is 19.1. The zero-order valence-corrected chi connectivity index (χ0v) is 18.1. The molecule has 0 aliphatic carbocycles. The van der Waals surface area contributed by atoms with Gasteiger partial charge in [-0.1, -0.05) is 12.1 Å². The predicted molar refractivity (Wildman–Crippen MR) is 119 cm³/mol. The second-order valence-corrected chi connectivity index (χ2v) is 8.01. The van der Waals surface area contributed by atoms with Gasteiger partial charge in [0.2, 0.25) is 0 Å². The van der Waals surface area contributed by atoms with Crippen LogP contribution in [0.5, 0.6) is 0 Å². The summed E-state index contributed by atoms with van der Waals surface area (Å²) in [6, 6.07) is 7.05. The van der Waals surface area contributed by atoms with Crippen molar-refractivity contribution < 1.29 is 4.39 Å². The van der Waals surface area contributed by atoms with Crippen LogP contribution in [0.15, 0.2) is 29.3 Å². The molecule has 6 nitrogen and oxygen atoms in total. The lowest BCUT2D eigenvalue weighted by Crippen LogP contribution is -2.52. The molecule has 0 saturated carbocycles. The van der Waals surface area contributed by atoms with Crippen molar-refractivity contribution in [3.63, 3.8) is 0 Å². The molecule has 2 aliphatic heterocycles. The number of nitrogens with one attached hydrogen (secondary N) is 1. The van der Waals surface area contributed by atoms with E-state index in [0.29, 0.717) is 5.69 Å². The molecule has 1 aromatic rings. The number of likely N-dealkylation sites (N-methyl/N-ethyl adjacent to an activating group) is 1. The Morgan fingerprint density at radius 2 is 1.83 bits per heavy atom. The fourth-order valence-corrected chi connectivity index (χ4v) is 4.10. The van der Waals surface area contributed by atoms with Crippen molar-refractivity contribution in [2.75, 3.05) is 83.9 Å². The molecule has 0 aromatic heterocycles. The molecule has 0 unspecified atom stereocenters. The first kappa shape index (κ1) is 21.8. The molecule has 7 heteroatoms. The van der Waals surface area contributed by atoms with Gasteiger partial charge in [-0.15, -0.1) is 0 Å². The van der Waals surface area contributed by atoms with E-state index >= 15 is 0 Å². The molecular formula is C22H37FN6. The van der Waals surface area contributed by atoms with E-state index in [2.05, 4.69) is 38.9 Å². The Balaban J connectivity index is 1.46. The number of piperazine rings is 1.